The predicted molar refractivity (Wildman–Crippen MR) is 181 cm³/mol. The lowest BCUT2D eigenvalue weighted by atomic mass is 9.73. The van der Waals surface area contributed by atoms with Gasteiger partial charge in [-0.25, -0.2) is 0 Å². The number of benzene rings is 6. The maximum atomic E-state index is 14.7. The molecule has 0 saturated carbocycles. The first-order valence-corrected chi connectivity index (χ1v) is 15.3. The Bertz CT molecular complexity index is 1900. The van der Waals surface area contributed by atoms with Gasteiger partial charge in [-0.2, -0.15) is 26.3 Å². The standard InChI is InChI=1S/C39H28F6N2O4/c40-38(41,42)37(39(43,44)45,25-1-9-29(10-2-25)48-33-17-21-35(22-18-33)50-31-13-5-27(46)6-14-31)26-3-11-30(12-4-26)49-34-19-23-36(24-20-34)51-32-15-7-28(47)8-16-32/h1-24H,46-47H2. The van der Waals surface area contributed by atoms with Crippen LogP contribution in [-0.2, 0) is 5.41 Å². The number of ether oxygens (including phenoxy) is 4. The van der Waals surface area contributed by atoms with Gasteiger partial charge in [0, 0.05) is 11.4 Å². The zero-order valence-corrected chi connectivity index (χ0v) is 26.4. The fourth-order valence-electron chi connectivity index (χ4n) is 5.30. The molecule has 4 N–H and O–H groups in total. The van der Waals surface area contributed by atoms with E-state index in [1.165, 1.54) is 0 Å². The van der Waals surface area contributed by atoms with Crippen LogP contribution in [0.4, 0.5) is 37.7 Å². The number of alkyl halides is 6. The molecule has 0 fully saturated rings. The summed E-state index contributed by atoms with van der Waals surface area (Å²) in [6, 6.07) is 33.3. The van der Waals surface area contributed by atoms with Crippen LogP contribution in [0.25, 0.3) is 0 Å². The van der Waals surface area contributed by atoms with Gasteiger partial charge in [0.25, 0.3) is 0 Å². The number of nitrogens with two attached hydrogens (primary N) is 2. The van der Waals surface area contributed by atoms with Crippen LogP contribution in [0.1, 0.15) is 11.1 Å². The van der Waals surface area contributed by atoms with Crippen LogP contribution in [0.15, 0.2) is 146 Å². The van der Waals surface area contributed by atoms with E-state index >= 15 is 0 Å². The lowest BCUT2D eigenvalue weighted by Crippen LogP contribution is -2.54. The molecular formula is C39H28F6N2O4. The Morgan fingerprint density at radius 2 is 0.471 bits per heavy atom. The van der Waals surface area contributed by atoms with Gasteiger partial charge in [0.2, 0.25) is 5.41 Å². The number of nitrogen functional groups attached to an aromatic ring is 2. The van der Waals surface area contributed by atoms with Gasteiger partial charge in [0.05, 0.1) is 0 Å². The van der Waals surface area contributed by atoms with E-state index in [4.69, 9.17) is 30.4 Å². The lowest BCUT2D eigenvalue weighted by molar-refractivity contribution is -0.288. The molecule has 6 rings (SSSR count). The molecule has 6 aromatic rings. The van der Waals surface area contributed by atoms with Crippen molar-refractivity contribution in [3.05, 3.63) is 157 Å². The van der Waals surface area contributed by atoms with E-state index < -0.39 is 28.9 Å². The van der Waals surface area contributed by atoms with E-state index in [1.807, 2.05) is 0 Å². The van der Waals surface area contributed by atoms with Crippen LogP contribution < -0.4 is 30.4 Å². The molecule has 0 saturated heterocycles. The highest BCUT2D eigenvalue weighted by Crippen LogP contribution is 2.56. The predicted octanol–water partition coefficient (Wildman–Crippen LogP) is 11.4. The van der Waals surface area contributed by atoms with Crippen molar-refractivity contribution < 1.29 is 45.3 Å². The summed E-state index contributed by atoms with van der Waals surface area (Å²) in [6.45, 7) is 0. The first-order valence-electron chi connectivity index (χ1n) is 15.3. The van der Waals surface area contributed by atoms with Gasteiger partial charge in [0.15, 0.2) is 0 Å². The molecule has 0 unspecified atom stereocenters. The first kappa shape index (κ1) is 34.6. The van der Waals surface area contributed by atoms with Crippen LogP contribution in [0.3, 0.4) is 0 Å². The average molecular weight is 703 g/mol. The molecule has 0 heterocycles. The normalized spacial score (nSPS) is 11.9. The van der Waals surface area contributed by atoms with Crippen molar-refractivity contribution in [1.29, 1.82) is 0 Å². The molecule has 51 heavy (non-hydrogen) atoms. The number of hydrogen-bond acceptors (Lipinski definition) is 6. The van der Waals surface area contributed by atoms with Crippen molar-refractivity contribution in [2.45, 2.75) is 17.8 Å². The Balaban J connectivity index is 1.19. The molecule has 0 aliphatic heterocycles. The summed E-state index contributed by atoms with van der Waals surface area (Å²) in [4.78, 5) is 0. The summed E-state index contributed by atoms with van der Waals surface area (Å²) in [5, 5.41) is 0. The Kier molecular flexibility index (Phi) is 9.42. The summed E-state index contributed by atoms with van der Waals surface area (Å²) in [5.74, 6) is 2.64. The van der Waals surface area contributed by atoms with Crippen molar-refractivity contribution >= 4 is 11.4 Å². The SMILES string of the molecule is Nc1ccc(Oc2ccc(Oc3ccc(C(c4ccc(Oc5ccc(Oc6ccc(N)cc6)cc5)cc4)(C(F)(F)F)C(F)(F)F)cc3)cc2)cc1. The zero-order chi connectivity index (χ0) is 36.2. The third kappa shape index (κ3) is 7.64. The fraction of sp³-hybridized carbons (Fsp3) is 0.0769. The minimum atomic E-state index is -5.77. The van der Waals surface area contributed by atoms with Gasteiger partial charge in [-0.1, -0.05) is 24.3 Å². The summed E-state index contributed by atoms with van der Waals surface area (Å²) in [7, 11) is 0. The first-order chi connectivity index (χ1) is 24.3. The maximum Gasteiger partial charge on any atom is 0.411 e. The number of rotatable bonds is 10. The van der Waals surface area contributed by atoms with Crippen LogP contribution in [0.2, 0.25) is 0 Å². The molecule has 6 aromatic carbocycles. The molecular weight excluding hydrogens is 674 g/mol. The van der Waals surface area contributed by atoms with Gasteiger partial charge in [0.1, 0.15) is 46.0 Å². The van der Waals surface area contributed by atoms with Crippen LogP contribution >= 0.6 is 0 Å². The van der Waals surface area contributed by atoms with E-state index in [9.17, 15) is 26.3 Å². The van der Waals surface area contributed by atoms with E-state index in [2.05, 4.69) is 0 Å². The summed E-state index contributed by atoms with van der Waals surface area (Å²) in [5.41, 5.74) is 6.08. The van der Waals surface area contributed by atoms with Crippen molar-refractivity contribution in [1.82, 2.24) is 0 Å². The molecule has 0 bridgehead atoms. The molecule has 0 radical (unpaired) electrons. The van der Waals surface area contributed by atoms with Gasteiger partial charge in [-0.15, -0.1) is 0 Å². The molecule has 0 aliphatic rings. The summed E-state index contributed by atoms with van der Waals surface area (Å²) >= 11 is 0. The van der Waals surface area contributed by atoms with Crippen LogP contribution in [-0.4, -0.2) is 12.4 Å². The number of hydrogen-bond donors (Lipinski definition) is 2. The molecule has 0 aliphatic carbocycles. The third-order valence-corrected chi connectivity index (χ3v) is 7.78. The minimum absolute atomic E-state index is 0.0258. The van der Waals surface area contributed by atoms with Crippen molar-refractivity contribution in [2.75, 3.05) is 11.5 Å². The number of anilines is 2. The average Bonchev–Trinajstić information content (AvgIpc) is 3.09. The van der Waals surface area contributed by atoms with Gasteiger partial charge < -0.3 is 30.4 Å². The van der Waals surface area contributed by atoms with Gasteiger partial charge in [-0.3, -0.25) is 0 Å². The second-order valence-corrected chi connectivity index (χ2v) is 11.3. The van der Waals surface area contributed by atoms with Gasteiger partial charge in [-0.05, 0) is 132 Å². The third-order valence-electron chi connectivity index (χ3n) is 7.78. The molecule has 12 heteroatoms. The van der Waals surface area contributed by atoms with E-state index in [0.29, 0.717) is 34.4 Å². The van der Waals surface area contributed by atoms with Crippen LogP contribution in [0.5, 0.6) is 46.0 Å². The quantitative estimate of drug-likeness (QED) is 0.109. The zero-order valence-electron chi connectivity index (χ0n) is 26.4. The van der Waals surface area contributed by atoms with Gasteiger partial charge >= 0.3 is 12.4 Å². The Hall–Kier alpha value is -6.30. The Labute approximate surface area is 288 Å². The second kappa shape index (κ2) is 13.9. The molecule has 260 valence electrons. The molecule has 0 aromatic heterocycles. The van der Waals surface area contributed by atoms with Crippen molar-refractivity contribution in [3.63, 3.8) is 0 Å². The minimum Gasteiger partial charge on any atom is -0.457 e. The maximum absolute atomic E-state index is 14.7. The highest BCUT2D eigenvalue weighted by atomic mass is 19.4. The fourth-order valence-corrected chi connectivity index (χ4v) is 5.30. The topological polar surface area (TPSA) is 89.0 Å². The Morgan fingerprint density at radius 1 is 0.294 bits per heavy atom. The highest BCUT2D eigenvalue weighted by Gasteiger charge is 2.72. The van der Waals surface area contributed by atoms with E-state index in [1.54, 1.807) is 97.1 Å². The van der Waals surface area contributed by atoms with E-state index in [0.717, 1.165) is 48.5 Å². The van der Waals surface area contributed by atoms with E-state index in [-0.39, 0.29) is 23.0 Å². The molecule has 0 atom stereocenters. The van der Waals surface area contributed by atoms with Crippen molar-refractivity contribution in [3.8, 4) is 46.0 Å². The largest absolute Gasteiger partial charge is 0.457 e. The molecule has 0 spiro atoms. The summed E-state index contributed by atoms with van der Waals surface area (Å²) < 4.78 is 111. The molecule has 0 amide bonds. The lowest BCUT2D eigenvalue weighted by Gasteiger charge is -2.38. The monoisotopic (exact) mass is 702 g/mol. The van der Waals surface area contributed by atoms with Crippen LogP contribution in [0, 0.1) is 0 Å². The second-order valence-electron chi connectivity index (χ2n) is 11.3. The Morgan fingerprint density at radius 3 is 0.667 bits per heavy atom. The highest BCUT2D eigenvalue weighted by molar-refractivity contribution is 5.49. The number of halogens is 6. The van der Waals surface area contributed by atoms with Crippen molar-refractivity contribution in [2.24, 2.45) is 0 Å². The summed E-state index contributed by atoms with van der Waals surface area (Å²) in [6.07, 6.45) is -11.5. The smallest absolute Gasteiger partial charge is 0.411 e. The molecule has 6 nitrogen and oxygen atoms in total.